The first-order chi connectivity index (χ1) is 8.49. The molecule has 1 aromatic heterocycles. The molecule has 1 amide bonds. The van der Waals surface area contributed by atoms with Gasteiger partial charge in [-0.1, -0.05) is 5.16 Å². The highest BCUT2D eigenvalue weighted by molar-refractivity contribution is 5.82. The lowest BCUT2D eigenvalue weighted by molar-refractivity contribution is -0.132. The third-order valence-corrected chi connectivity index (χ3v) is 3.36. The molecule has 2 N–H and O–H groups in total. The van der Waals surface area contributed by atoms with Crippen molar-refractivity contribution in [1.29, 1.82) is 0 Å². The van der Waals surface area contributed by atoms with Crippen molar-refractivity contribution in [3.05, 3.63) is 17.0 Å². The van der Waals surface area contributed by atoms with Gasteiger partial charge in [0.1, 0.15) is 5.76 Å². The van der Waals surface area contributed by atoms with Gasteiger partial charge in [0.2, 0.25) is 5.91 Å². The molecule has 0 aliphatic carbocycles. The Kier molecular flexibility index (Phi) is 3.68. The number of amides is 1. The summed E-state index contributed by atoms with van der Waals surface area (Å²) in [6.45, 7) is 4.66. The van der Waals surface area contributed by atoms with Gasteiger partial charge in [-0.3, -0.25) is 4.79 Å². The maximum Gasteiger partial charge on any atom is 0.239 e. The Bertz CT molecular complexity index is 424. The highest BCUT2D eigenvalue weighted by Crippen LogP contribution is 2.16. The minimum Gasteiger partial charge on any atom is -0.392 e. The zero-order chi connectivity index (χ0) is 13.3. The Morgan fingerprint density at radius 3 is 2.83 bits per heavy atom. The number of aromatic nitrogens is 1. The second-order valence-electron chi connectivity index (χ2n) is 4.85. The highest BCUT2D eigenvalue weighted by Gasteiger charge is 2.30. The van der Waals surface area contributed by atoms with Crippen molar-refractivity contribution < 1.29 is 14.4 Å². The van der Waals surface area contributed by atoms with Crippen molar-refractivity contribution in [2.24, 2.45) is 0 Å². The second-order valence-corrected chi connectivity index (χ2v) is 4.85. The summed E-state index contributed by atoms with van der Waals surface area (Å²) in [7, 11) is 1.75. The zero-order valence-corrected chi connectivity index (χ0v) is 10.9. The first-order valence-electron chi connectivity index (χ1n) is 6.07. The highest BCUT2D eigenvalue weighted by atomic mass is 16.5. The average molecular weight is 253 g/mol. The van der Waals surface area contributed by atoms with Crippen molar-refractivity contribution in [1.82, 2.24) is 15.4 Å². The first kappa shape index (κ1) is 13.0. The monoisotopic (exact) mass is 253 g/mol. The van der Waals surface area contributed by atoms with Crippen LogP contribution in [0, 0.1) is 13.8 Å². The van der Waals surface area contributed by atoms with Crippen LogP contribution in [0.2, 0.25) is 0 Å². The van der Waals surface area contributed by atoms with E-state index >= 15 is 0 Å². The summed E-state index contributed by atoms with van der Waals surface area (Å²) in [6, 6.07) is -0.287. The van der Waals surface area contributed by atoms with Crippen molar-refractivity contribution in [2.45, 2.75) is 39.0 Å². The molecule has 1 aliphatic rings. The molecule has 0 radical (unpaired) electrons. The van der Waals surface area contributed by atoms with Crippen LogP contribution in [-0.2, 0) is 11.3 Å². The van der Waals surface area contributed by atoms with Crippen LogP contribution in [0.1, 0.15) is 23.4 Å². The van der Waals surface area contributed by atoms with Crippen LogP contribution >= 0.6 is 0 Å². The van der Waals surface area contributed by atoms with E-state index in [4.69, 9.17) is 4.52 Å². The summed E-state index contributed by atoms with van der Waals surface area (Å²) < 4.78 is 5.07. The summed E-state index contributed by atoms with van der Waals surface area (Å²) >= 11 is 0. The summed E-state index contributed by atoms with van der Waals surface area (Å²) in [5, 5.41) is 16.3. The number of aliphatic hydroxyl groups is 1. The first-order valence-corrected chi connectivity index (χ1v) is 6.07. The van der Waals surface area contributed by atoms with Gasteiger partial charge in [0.25, 0.3) is 0 Å². The number of likely N-dealkylation sites (N-methyl/N-ethyl adjacent to an activating group) is 1. The zero-order valence-electron chi connectivity index (χ0n) is 10.9. The fourth-order valence-electron chi connectivity index (χ4n) is 2.21. The molecule has 2 heterocycles. The van der Waals surface area contributed by atoms with Gasteiger partial charge in [0.15, 0.2) is 0 Å². The van der Waals surface area contributed by atoms with Gasteiger partial charge >= 0.3 is 0 Å². The molecular weight excluding hydrogens is 234 g/mol. The van der Waals surface area contributed by atoms with Crippen LogP contribution in [0.3, 0.4) is 0 Å². The number of aliphatic hydroxyl groups excluding tert-OH is 1. The van der Waals surface area contributed by atoms with Crippen LogP contribution < -0.4 is 5.32 Å². The predicted molar refractivity (Wildman–Crippen MR) is 64.9 cm³/mol. The molecule has 0 aromatic carbocycles. The van der Waals surface area contributed by atoms with E-state index in [1.807, 2.05) is 13.8 Å². The fourth-order valence-corrected chi connectivity index (χ4v) is 2.21. The molecular formula is C12H19N3O3. The van der Waals surface area contributed by atoms with Crippen molar-refractivity contribution in [3.63, 3.8) is 0 Å². The van der Waals surface area contributed by atoms with Gasteiger partial charge in [-0.15, -0.1) is 0 Å². The largest absolute Gasteiger partial charge is 0.392 e. The molecule has 6 nitrogen and oxygen atoms in total. The van der Waals surface area contributed by atoms with Crippen molar-refractivity contribution in [3.8, 4) is 0 Å². The number of carbonyl (C=O) groups excluding carboxylic acids is 1. The van der Waals surface area contributed by atoms with Crippen LogP contribution in [0.15, 0.2) is 4.52 Å². The molecule has 1 fully saturated rings. The predicted octanol–water partition coefficient (Wildman–Crippen LogP) is -0.0274. The topological polar surface area (TPSA) is 78.6 Å². The van der Waals surface area contributed by atoms with Crippen molar-refractivity contribution >= 4 is 5.91 Å². The average Bonchev–Trinajstić information content (AvgIpc) is 2.89. The van der Waals surface area contributed by atoms with E-state index in [9.17, 15) is 9.90 Å². The van der Waals surface area contributed by atoms with E-state index in [1.54, 1.807) is 11.9 Å². The lowest BCUT2D eigenvalue weighted by Crippen LogP contribution is -2.41. The summed E-state index contributed by atoms with van der Waals surface area (Å²) in [4.78, 5) is 13.8. The molecule has 1 aromatic rings. The van der Waals surface area contributed by atoms with E-state index in [2.05, 4.69) is 10.5 Å². The Labute approximate surface area is 106 Å². The molecule has 100 valence electrons. The van der Waals surface area contributed by atoms with Crippen LogP contribution in [0.4, 0.5) is 0 Å². The third kappa shape index (κ3) is 2.54. The van der Waals surface area contributed by atoms with E-state index in [0.29, 0.717) is 19.5 Å². The molecule has 0 bridgehead atoms. The van der Waals surface area contributed by atoms with Crippen molar-refractivity contribution in [2.75, 3.05) is 13.6 Å². The van der Waals surface area contributed by atoms with E-state index in [0.717, 1.165) is 17.0 Å². The normalized spacial score (nSPS) is 23.3. The van der Waals surface area contributed by atoms with Crippen LogP contribution in [0.25, 0.3) is 0 Å². The van der Waals surface area contributed by atoms with E-state index < -0.39 is 6.10 Å². The Morgan fingerprint density at radius 2 is 2.33 bits per heavy atom. The van der Waals surface area contributed by atoms with E-state index in [-0.39, 0.29) is 11.9 Å². The minimum absolute atomic E-state index is 0.00782. The fraction of sp³-hybridized carbons (Fsp3) is 0.667. The SMILES string of the molecule is Cc1noc(C)c1CN(C)C(=O)C1CC(O)CN1. The molecule has 2 rings (SSSR count). The molecule has 1 aliphatic heterocycles. The maximum absolute atomic E-state index is 12.1. The lowest BCUT2D eigenvalue weighted by Gasteiger charge is -2.20. The van der Waals surface area contributed by atoms with E-state index in [1.165, 1.54) is 0 Å². The van der Waals surface area contributed by atoms with Gasteiger partial charge in [-0.25, -0.2) is 0 Å². The molecule has 2 unspecified atom stereocenters. The van der Waals surface area contributed by atoms with Gasteiger partial charge in [0, 0.05) is 19.2 Å². The number of hydrogen-bond acceptors (Lipinski definition) is 5. The van der Waals surface area contributed by atoms with Crippen LogP contribution in [-0.4, -0.2) is 46.8 Å². The quantitative estimate of drug-likeness (QED) is 0.791. The summed E-state index contributed by atoms with van der Waals surface area (Å²) in [5.41, 5.74) is 1.76. The smallest absolute Gasteiger partial charge is 0.239 e. The number of β-amino-alcohol motifs (C(OH)–C–C–N with tert-alkyl or cyclic N) is 1. The Balaban J connectivity index is 2.00. The Morgan fingerprint density at radius 1 is 1.61 bits per heavy atom. The second kappa shape index (κ2) is 5.07. The van der Waals surface area contributed by atoms with Gasteiger partial charge in [0.05, 0.1) is 24.4 Å². The molecule has 18 heavy (non-hydrogen) atoms. The maximum atomic E-state index is 12.1. The summed E-state index contributed by atoms with van der Waals surface area (Å²) in [5.74, 6) is 0.734. The minimum atomic E-state index is -0.425. The third-order valence-electron chi connectivity index (χ3n) is 3.36. The van der Waals surface area contributed by atoms with Gasteiger partial charge in [-0.2, -0.15) is 0 Å². The molecule has 0 saturated carbocycles. The number of carbonyl (C=O) groups is 1. The molecule has 2 atom stereocenters. The number of aryl methyl sites for hydroxylation is 2. The number of nitrogens with zero attached hydrogens (tertiary/aromatic N) is 2. The molecule has 0 spiro atoms. The molecule has 6 heteroatoms. The molecule has 1 saturated heterocycles. The van der Waals surface area contributed by atoms with Gasteiger partial charge < -0.3 is 19.8 Å². The van der Waals surface area contributed by atoms with Gasteiger partial charge in [-0.05, 0) is 20.3 Å². The Hall–Kier alpha value is -1.40. The lowest BCUT2D eigenvalue weighted by atomic mass is 10.1. The van der Waals surface area contributed by atoms with Crippen LogP contribution in [0.5, 0.6) is 0 Å². The number of nitrogens with one attached hydrogen (secondary N) is 1. The number of rotatable bonds is 3. The number of hydrogen-bond donors (Lipinski definition) is 2. The standard InChI is InChI=1S/C12H19N3O3/c1-7-10(8(2)18-14-7)6-15(3)12(17)11-4-9(16)5-13-11/h9,11,13,16H,4-6H2,1-3H3. The summed E-state index contributed by atoms with van der Waals surface area (Å²) in [6.07, 6.45) is 0.0523.